The standard InChI is InChI=1S/C30H29FN6O4S/c1-36-11-13-37(14-12-36)21-7-9-25(28(17-21)32-19-22-5-3-15-41-22)30(38)33-29-26-18-24(8-10-27(26)34-35-29)42(39,40)23-6-2-4-20(31)16-23/h2-10,15-18,32H,11-14,19H2,1H3,(H2,33,34,35,38). The van der Waals surface area contributed by atoms with Crippen LogP contribution in [0.3, 0.4) is 0 Å². The maximum Gasteiger partial charge on any atom is 0.258 e. The third-order valence-electron chi connectivity index (χ3n) is 7.33. The molecular weight excluding hydrogens is 559 g/mol. The van der Waals surface area contributed by atoms with Gasteiger partial charge in [-0.05, 0) is 73.8 Å². The molecule has 0 saturated carbocycles. The Hall–Kier alpha value is -4.68. The zero-order valence-corrected chi connectivity index (χ0v) is 23.6. The molecule has 216 valence electrons. The van der Waals surface area contributed by atoms with E-state index in [2.05, 4.69) is 37.7 Å². The number of rotatable bonds is 8. The van der Waals surface area contributed by atoms with Gasteiger partial charge in [0.2, 0.25) is 9.84 Å². The second-order valence-electron chi connectivity index (χ2n) is 10.1. The van der Waals surface area contributed by atoms with Crippen molar-refractivity contribution in [2.24, 2.45) is 0 Å². The number of amides is 1. The van der Waals surface area contributed by atoms with Crippen molar-refractivity contribution in [1.29, 1.82) is 0 Å². The number of aromatic nitrogens is 2. The second kappa shape index (κ2) is 11.3. The SMILES string of the molecule is CN1CCN(c2ccc(C(=O)Nc3n[nH]c4ccc(S(=O)(=O)c5cccc(F)c5)cc34)c(NCc3ccco3)c2)CC1. The summed E-state index contributed by atoms with van der Waals surface area (Å²) in [4.78, 5) is 17.9. The summed E-state index contributed by atoms with van der Waals surface area (Å²) in [6.45, 7) is 4.02. The lowest BCUT2D eigenvalue weighted by atomic mass is 10.1. The van der Waals surface area contributed by atoms with E-state index >= 15 is 0 Å². The van der Waals surface area contributed by atoms with Crippen LogP contribution in [0, 0.1) is 5.82 Å². The van der Waals surface area contributed by atoms with Crippen LogP contribution in [-0.4, -0.2) is 62.6 Å². The number of nitrogens with zero attached hydrogens (tertiary/aromatic N) is 3. The van der Waals surface area contributed by atoms with Crippen molar-refractivity contribution in [3.63, 3.8) is 0 Å². The number of benzene rings is 3. The number of piperazine rings is 1. The van der Waals surface area contributed by atoms with Crippen LogP contribution < -0.4 is 15.5 Å². The molecule has 12 heteroatoms. The van der Waals surface area contributed by atoms with Crippen LogP contribution in [0.15, 0.2) is 93.3 Å². The van der Waals surface area contributed by atoms with Crippen LogP contribution in [0.2, 0.25) is 0 Å². The number of halogens is 1. The molecule has 0 bridgehead atoms. The summed E-state index contributed by atoms with van der Waals surface area (Å²) in [6.07, 6.45) is 1.59. The molecule has 2 aromatic heterocycles. The van der Waals surface area contributed by atoms with Gasteiger partial charge in [0.15, 0.2) is 5.82 Å². The Morgan fingerprint density at radius 1 is 1.00 bits per heavy atom. The van der Waals surface area contributed by atoms with E-state index in [9.17, 15) is 17.6 Å². The molecule has 3 N–H and O–H groups in total. The van der Waals surface area contributed by atoms with Crippen LogP contribution in [0.1, 0.15) is 16.1 Å². The molecule has 3 heterocycles. The lowest BCUT2D eigenvalue weighted by molar-refractivity contribution is 0.102. The summed E-state index contributed by atoms with van der Waals surface area (Å²) in [6, 6.07) is 18.5. The predicted octanol–water partition coefficient (Wildman–Crippen LogP) is 4.74. The fourth-order valence-electron chi connectivity index (χ4n) is 4.93. The first kappa shape index (κ1) is 27.5. The molecule has 3 aromatic carbocycles. The molecule has 42 heavy (non-hydrogen) atoms. The highest BCUT2D eigenvalue weighted by molar-refractivity contribution is 7.91. The molecule has 5 aromatic rings. The Labute approximate surface area is 242 Å². The normalized spacial score (nSPS) is 14.3. The van der Waals surface area contributed by atoms with Crippen molar-refractivity contribution in [3.05, 3.63) is 96.2 Å². The van der Waals surface area contributed by atoms with Gasteiger partial charge in [0.25, 0.3) is 5.91 Å². The smallest absolute Gasteiger partial charge is 0.258 e. The van der Waals surface area contributed by atoms with Crippen molar-refractivity contribution in [2.45, 2.75) is 16.3 Å². The van der Waals surface area contributed by atoms with Crippen LogP contribution in [0.4, 0.5) is 21.6 Å². The zero-order valence-electron chi connectivity index (χ0n) is 22.8. The van der Waals surface area contributed by atoms with E-state index in [1.165, 1.54) is 30.3 Å². The minimum Gasteiger partial charge on any atom is -0.467 e. The minimum absolute atomic E-state index is 0.0465. The van der Waals surface area contributed by atoms with Crippen LogP contribution in [0.25, 0.3) is 10.9 Å². The number of nitrogens with one attached hydrogen (secondary N) is 3. The van der Waals surface area contributed by atoms with Gasteiger partial charge in [-0.15, -0.1) is 0 Å². The Kier molecular flexibility index (Phi) is 7.40. The molecule has 0 unspecified atom stereocenters. The first-order chi connectivity index (χ1) is 20.3. The van der Waals surface area contributed by atoms with E-state index in [4.69, 9.17) is 4.42 Å². The van der Waals surface area contributed by atoms with Gasteiger partial charge in [0, 0.05) is 42.9 Å². The van der Waals surface area contributed by atoms with Gasteiger partial charge in [0.1, 0.15) is 11.6 Å². The van der Waals surface area contributed by atoms with Crippen molar-refractivity contribution in [3.8, 4) is 0 Å². The monoisotopic (exact) mass is 588 g/mol. The van der Waals surface area contributed by atoms with E-state index in [0.717, 1.165) is 43.7 Å². The van der Waals surface area contributed by atoms with Gasteiger partial charge in [-0.3, -0.25) is 9.89 Å². The van der Waals surface area contributed by atoms with Gasteiger partial charge in [-0.25, -0.2) is 12.8 Å². The fraction of sp³-hybridized carbons (Fsp3) is 0.200. The summed E-state index contributed by atoms with van der Waals surface area (Å²) in [7, 11) is -1.91. The summed E-state index contributed by atoms with van der Waals surface area (Å²) in [5.74, 6) is -0.180. The van der Waals surface area contributed by atoms with Crippen molar-refractivity contribution in [2.75, 3.05) is 48.8 Å². The van der Waals surface area contributed by atoms with Gasteiger partial charge < -0.3 is 24.9 Å². The average Bonchev–Trinajstić information content (AvgIpc) is 3.66. The van der Waals surface area contributed by atoms with E-state index < -0.39 is 21.6 Å². The maximum atomic E-state index is 13.8. The zero-order chi connectivity index (χ0) is 29.3. The lowest BCUT2D eigenvalue weighted by Gasteiger charge is -2.34. The number of carbonyl (C=O) groups excluding carboxylic acids is 1. The fourth-order valence-corrected chi connectivity index (χ4v) is 6.25. The summed E-state index contributed by atoms with van der Waals surface area (Å²) in [5, 5.41) is 13.6. The number of hydrogen-bond donors (Lipinski definition) is 3. The van der Waals surface area contributed by atoms with Gasteiger partial charge in [-0.2, -0.15) is 5.10 Å². The maximum absolute atomic E-state index is 13.8. The van der Waals surface area contributed by atoms with Crippen LogP contribution in [-0.2, 0) is 16.4 Å². The largest absolute Gasteiger partial charge is 0.467 e. The number of carbonyl (C=O) groups is 1. The van der Waals surface area contributed by atoms with E-state index in [1.807, 2.05) is 18.2 Å². The second-order valence-corrected chi connectivity index (χ2v) is 12.1. The molecule has 1 amide bonds. The molecule has 0 radical (unpaired) electrons. The number of sulfone groups is 1. The molecular formula is C30H29FN6O4S. The number of furan rings is 1. The van der Waals surface area contributed by atoms with Gasteiger partial charge in [0.05, 0.1) is 33.7 Å². The Bertz CT molecular complexity index is 1850. The Morgan fingerprint density at radius 2 is 1.81 bits per heavy atom. The van der Waals surface area contributed by atoms with Gasteiger partial charge in [-0.1, -0.05) is 6.07 Å². The average molecular weight is 589 g/mol. The Morgan fingerprint density at radius 3 is 2.57 bits per heavy atom. The third kappa shape index (κ3) is 5.58. The molecule has 1 aliphatic rings. The summed E-state index contributed by atoms with van der Waals surface area (Å²) < 4.78 is 45.6. The summed E-state index contributed by atoms with van der Waals surface area (Å²) in [5.41, 5.74) is 2.54. The molecule has 1 aliphatic heterocycles. The highest BCUT2D eigenvalue weighted by Gasteiger charge is 2.22. The topological polar surface area (TPSA) is 124 Å². The number of fused-ring (bicyclic) bond motifs is 1. The molecule has 0 aliphatic carbocycles. The highest BCUT2D eigenvalue weighted by atomic mass is 32.2. The summed E-state index contributed by atoms with van der Waals surface area (Å²) >= 11 is 0. The number of anilines is 3. The number of hydrogen-bond acceptors (Lipinski definition) is 8. The van der Waals surface area contributed by atoms with E-state index in [-0.39, 0.29) is 15.6 Å². The van der Waals surface area contributed by atoms with Crippen molar-refractivity contribution in [1.82, 2.24) is 15.1 Å². The first-order valence-electron chi connectivity index (χ1n) is 13.4. The highest BCUT2D eigenvalue weighted by Crippen LogP contribution is 2.30. The first-order valence-corrected chi connectivity index (χ1v) is 14.9. The predicted molar refractivity (Wildman–Crippen MR) is 158 cm³/mol. The molecule has 0 atom stereocenters. The third-order valence-corrected chi connectivity index (χ3v) is 9.08. The molecule has 6 rings (SSSR count). The molecule has 1 fully saturated rings. The van der Waals surface area contributed by atoms with Gasteiger partial charge >= 0.3 is 0 Å². The minimum atomic E-state index is -4.00. The van der Waals surface area contributed by atoms with E-state index in [0.29, 0.717) is 28.7 Å². The number of likely N-dealkylation sites (N-methyl/N-ethyl adjacent to an activating group) is 1. The quantitative estimate of drug-likeness (QED) is 0.238. The number of aromatic amines is 1. The van der Waals surface area contributed by atoms with Crippen LogP contribution >= 0.6 is 0 Å². The van der Waals surface area contributed by atoms with Crippen molar-refractivity contribution < 1.29 is 22.0 Å². The number of H-pyrrole nitrogens is 1. The molecule has 1 saturated heterocycles. The molecule has 10 nitrogen and oxygen atoms in total. The van der Waals surface area contributed by atoms with Crippen LogP contribution in [0.5, 0.6) is 0 Å². The Balaban J connectivity index is 1.30. The molecule has 0 spiro atoms. The van der Waals surface area contributed by atoms with Crippen molar-refractivity contribution >= 4 is 43.8 Å². The lowest BCUT2D eigenvalue weighted by Crippen LogP contribution is -2.44. The van der Waals surface area contributed by atoms with E-state index in [1.54, 1.807) is 24.5 Å².